The lowest BCUT2D eigenvalue weighted by Gasteiger charge is -2.24. The van der Waals surface area contributed by atoms with Gasteiger partial charge in [0.1, 0.15) is 0 Å². The van der Waals surface area contributed by atoms with Crippen LogP contribution in [0.3, 0.4) is 0 Å². The number of aromatic carboxylic acids is 2. The molecule has 164 valence electrons. The molecule has 1 aromatic rings. The van der Waals surface area contributed by atoms with Crippen LogP contribution in [0.5, 0.6) is 0 Å². The summed E-state index contributed by atoms with van der Waals surface area (Å²) in [7, 11) is 1.13. The molecule has 3 N–H and O–H groups in total. The molecule has 0 atom stereocenters. The maximum absolute atomic E-state index is 12.2. The van der Waals surface area contributed by atoms with Crippen LogP contribution in [0, 0.1) is 10.7 Å². The quantitative estimate of drug-likeness (QED) is 0.267. The molecule has 29 heavy (non-hydrogen) atoms. The number of carboxylic acid groups (broad SMARTS) is 2. The van der Waals surface area contributed by atoms with E-state index in [1.165, 1.54) is 5.32 Å². The number of nitrogens with zero attached hydrogens (tertiary/aromatic N) is 1. The molecule has 2 amide bonds. The van der Waals surface area contributed by atoms with E-state index in [2.05, 4.69) is 0 Å². The van der Waals surface area contributed by atoms with Crippen LogP contribution >= 0.6 is 67.8 Å². The predicted octanol–water partition coefficient (Wildman–Crippen LogP) is -3.45. The van der Waals surface area contributed by atoms with Crippen molar-refractivity contribution >= 4 is 97.2 Å². The number of carboxylic acids is 2. The Labute approximate surface area is 214 Å². The number of benzene rings is 1. The van der Waals surface area contributed by atoms with E-state index < -0.39 is 36.5 Å². The van der Waals surface area contributed by atoms with Crippen molar-refractivity contribution in [2.24, 2.45) is 0 Å². The summed E-state index contributed by atoms with van der Waals surface area (Å²) in [5.41, 5.74) is -0.816. The second-order valence-corrected chi connectivity index (χ2v) is 8.02. The molecule has 0 saturated heterocycles. The Balaban J connectivity index is 0. The van der Waals surface area contributed by atoms with E-state index in [1.54, 1.807) is 67.8 Å². The zero-order valence-electron chi connectivity index (χ0n) is 13.7. The zero-order chi connectivity index (χ0) is 21.3. The van der Waals surface area contributed by atoms with Crippen LogP contribution in [0.2, 0.25) is 0 Å². The molecule has 0 aliphatic carbocycles. The van der Waals surface area contributed by atoms with Crippen LogP contribution < -0.4 is 35.0 Å². The number of anilines is 1. The molecule has 0 aliphatic rings. The molecule has 0 aromatic heterocycles. The maximum Gasteiger partial charge on any atom is 0.471 e. The van der Waals surface area contributed by atoms with Gasteiger partial charge in [-0.25, -0.2) is 9.59 Å². The Kier molecular flexibility index (Phi) is 12.7. The third-order valence-corrected chi connectivity index (χ3v) is 6.27. The first-order valence-corrected chi connectivity index (χ1v) is 9.74. The number of hydrogen-bond donors (Lipinski definition) is 3. The van der Waals surface area contributed by atoms with Crippen LogP contribution in [0.25, 0.3) is 0 Å². The number of alkyl halides is 3. The number of carbonyl (C=O) groups excluding carboxylic acids is 2. The molecule has 8 nitrogen and oxygen atoms in total. The monoisotopic (exact) mass is 796 g/mol. The average Bonchev–Trinajstić information content (AvgIpc) is 2.49. The van der Waals surface area contributed by atoms with Gasteiger partial charge in [0.15, 0.2) is 0 Å². The van der Waals surface area contributed by atoms with E-state index in [4.69, 9.17) is 0 Å². The number of nitrogens with one attached hydrogen (secondary N) is 1. The van der Waals surface area contributed by atoms with Gasteiger partial charge in [0, 0.05) is 10.6 Å². The first-order chi connectivity index (χ1) is 12.2. The van der Waals surface area contributed by atoms with E-state index >= 15 is 0 Å². The second kappa shape index (κ2) is 11.9. The van der Waals surface area contributed by atoms with Crippen molar-refractivity contribution in [2.75, 3.05) is 18.5 Å². The molecular formula is C13H8Cl2F3I3N2O6-2. The smallest absolute Gasteiger partial charge is 0.471 e. The van der Waals surface area contributed by atoms with Gasteiger partial charge in [-0.05, 0) is 67.8 Å². The summed E-state index contributed by atoms with van der Waals surface area (Å²) < 4.78 is 36.6. The number of likely N-dealkylation sites (N-methyl/N-ethyl adjacent to an activating group) is 1. The Morgan fingerprint density at radius 1 is 0.931 bits per heavy atom. The molecule has 0 unspecified atom stereocenters. The van der Waals surface area contributed by atoms with Gasteiger partial charge in [-0.15, -0.1) is 0 Å². The SMILES string of the molecule is CN(C(=O)CNC(=O)C(F)(F)F)c1c(I)c(C(=O)O)c(I)c(C(=O)O)c1I.[Cl-].[Cl-]. The van der Waals surface area contributed by atoms with Crippen molar-refractivity contribution in [3.05, 3.63) is 21.8 Å². The molecule has 0 bridgehead atoms. The van der Waals surface area contributed by atoms with Gasteiger partial charge in [0.25, 0.3) is 0 Å². The summed E-state index contributed by atoms with van der Waals surface area (Å²) >= 11 is 4.77. The minimum Gasteiger partial charge on any atom is -1.00 e. The minimum absolute atomic E-state index is 0. The van der Waals surface area contributed by atoms with E-state index in [0.717, 1.165) is 11.9 Å². The first-order valence-electron chi connectivity index (χ1n) is 6.50. The van der Waals surface area contributed by atoms with Gasteiger partial charge in [-0.1, -0.05) is 0 Å². The lowest BCUT2D eigenvalue weighted by Crippen LogP contribution is -3.00. The van der Waals surface area contributed by atoms with Gasteiger partial charge < -0.3 is 45.2 Å². The molecule has 0 aliphatic heterocycles. The van der Waals surface area contributed by atoms with Crippen molar-refractivity contribution < 1.29 is 67.4 Å². The Bertz CT molecular complexity index is 813. The van der Waals surface area contributed by atoms with E-state index in [0.29, 0.717) is 0 Å². The minimum atomic E-state index is -5.17. The Hall–Kier alpha value is -0.340. The third-order valence-electron chi connectivity index (χ3n) is 3.09. The van der Waals surface area contributed by atoms with Crippen LogP contribution in [-0.4, -0.2) is 53.7 Å². The summed E-state index contributed by atoms with van der Waals surface area (Å²) in [5, 5.41) is 20.1. The largest absolute Gasteiger partial charge is 1.00 e. The van der Waals surface area contributed by atoms with Crippen molar-refractivity contribution in [3.8, 4) is 0 Å². The highest BCUT2D eigenvalue weighted by Gasteiger charge is 2.39. The summed E-state index contributed by atoms with van der Waals surface area (Å²) in [6.07, 6.45) is -5.17. The summed E-state index contributed by atoms with van der Waals surface area (Å²) in [5.74, 6) is -6.18. The average molecular weight is 797 g/mol. The molecule has 1 rings (SSSR count). The summed E-state index contributed by atoms with van der Waals surface area (Å²) in [6, 6.07) is 0. The van der Waals surface area contributed by atoms with E-state index in [1.807, 2.05) is 0 Å². The third kappa shape index (κ3) is 7.10. The number of rotatable bonds is 5. The maximum atomic E-state index is 12.2. The fourth-order valence-corrected chi connectivity index (χ4v) is 6.63. The van der Waals surface area contributed by atoms with Crippen LogP contribution in [0.1, 0.15) is 20.7 Å². The zero-order valence-corrected chi connectivity index (χ0v) is 21.7. The van der Waals surface area contributed by atoms with Crippen LogP contribution in [-0.2, 0) is 9.59 Å². The fourth-order valence-electron chi connectivity index (χ4n) is 1.82. The van der Waals surface area contributed by atoms with Gasteiger partial charge in [-0.3, -0.25) is 9.59 Å². The summed E-state index contributed by atoms with van der Waals surface area (Å²) in [4.78, 5) is 46.8. The van der Waals surface area contributed by atoms with Crippen molar-refractivity contribution in [3.63, 3.8) is 0 Å². The molecule has 0 spiro atoms. The number of amides is 2. The lowest BCUT2D eigenvalue weighted by molar-refractivity contribution is -0.173. The van der Waals surface area contributed by atoms with Gasteiger partial charge in [-0.2, -0.15) is 13.2 Å². The molecule has 0 radical (unpaired) electrons. The van der Waals surface area contributed by atoms with Crippen LogP contribution in [0.4, 0.5) is 18.9 Å². The lowest BCUT2D eigenvalue weighted by atomic mass is 10.1. The normalized spacial score (nSPS) is 10.3. The Morgan fingerprint density at radius 3 is 1.62 bits per heavy atom. The van der Waals surface area contributed by atoms with Crippen LogP contribution in [0.15, 0.2) is 0 Å². The summed E-state index contributed by atoms with van der Waals surface area (Å²) in [6.45, 7) is -1.02. The Morgan fingerprint density at radius 2 is 1.31 bits per heavy atom. The molecule has 0 heterocycles. The highest BCUT2D eigenvalue weighted by Crippen LogP contribution is 2.37. The first kappa shape index (κ1) is 30.9. The van der Waals surface area contributed by atoms with Gasteiger partial charge >= 0.3 is 24.0 Å². The van der Waals surface area contributed by atoms with Crippen molar-refractivity contribution in [2.45, 2.75) is 6.18 Å². The van der Waals surface area contributed by atoms with Gasteiger partial charge in [0.2, 0.25) is 5.91 Å². The van der Waals surface area contributed by atoms with Crippen molar-refractivity contribution in [1.82, 2.24) is 5.32 Å². The number of halogens is 8. The number of hydrogen-bond acceptors (Lipinski definition) is 4. The highest BCUT2D eigenvalue weighted by atomic mass is 127. The second-order valence-electron chi connectivity index (χ2n) is 4.78. The molecule has 1 aromatic carbocycles. The predicted molar refractivity (Wildman–Crippen MR) is 111 cm³/mol. The molecular weight excluding hydrogens is 789 g/mol. The molecule has 16 heteroatoms. The van der Waals surface area contributed by atoms with E-state index in [9.17, 15) is 42.6 Å². The molecule has 0 saturated carbocycles. The van der Waals surface area contributed by atoms with E-state index in [-0.39, 0.29) is 52.3 Å². The van der Waals surface area contributed by atoms with Crippen molar-refractivity contribution in [1.29, 1.82) is 0 Å². The standard InChI is InChI=1S/C13H8F3I3N2O6.2ClH/c1-21(3(22)2-20-12(27)13(14,15)16)9-7(18)4(10(23)24)6(17)5(8(9)19)11(25)26;;/h2H2,1H3,(H,20,27)(H,23,24)(H,25,26);2*1H/p-2. The number of carbonyl (C=O) groups is 4. The topological polar surface area (TPSA) is 124 Å². The fraction of sp³-hybridized carbons (Fsp3) is 0.231. The van der Waals surface area contributed by atoms with Gasteiger partial charge in [0.05, 0.1) is 30.5 Å². The molecule has 0 fully saturated rings. The highest BCUT2D eigenvalue weighted by molar-refractivity contribution is 14.1.